The van der Waals surface area contributed by atoms with E-state index < -0.39 is 17.8 Å². The second-order valence-electron chi connectivity index (χ2n) is 10.3. The molecule has 0 unspecified atom stereocenters. The Balaban J connectivity index is 1.41. The summed E-state index contributed by atoms with van der Waals surface area (Å²) < 4.78 is 32.6. The number of fused-ring (bicyclic) bond motifs is 4. The number of ether oxygens (including phenoxy) is 3. The second kappa shape index (κ2) is 12.0. The molecule has 1 aliphatic rings. The molecule has 218 valence electrons. The highest BCUT2D eigenvalue weighted by molar-refractivity contribution is 6.03. The number of methoxy groups -OCH3 is 1. The van der Waals surface area contributed by atoms with Crippen LogP contribution in [0.4, 0.5) is 4.39 Å². The Kier molecular flexibility index (Phi) is 7.85. The molecule has 0 fully saturated rings. The standard InChI is InChI=1S/C35H31FN2O5/c1-3-12-42-34-14-22-20-43-32-17-27(25-9-4-6-10-30(25)36)29(15-28(32)26(22)16-33(34)41-2)35(40)38-23(19-39)13-21-18-37-31-11-7-5-8-24(21)31/h3-11,14-18,23,37,39H,1,12-13,19-20H2,2H3,(H,38,40)/t23-/m1/s1. The van der Waals surface area contributed by atoms with Crippen molar-refractivity contribution in [2.24, 2.45) is 0 Å². The largest absolute Gasteiger partial charge is 0.493 e. The smallest absolute Gasteiger partial charge is 0.252 e. The average Bonchev–Trinajstić information content (AvgIpc) is 3.45. The van der Waals surface area contributed by atoms with E-state index in [9.17, 15) is 9.90 Å². The number of aromatic amines is 1. The molecule has 3 N–H and O–H groups in total. The Morgan fingerprint density at radius 1 is 1.07 bits per heavy atom. The summed E-state index contributed by atoms with van der Waals surface area (Å²) in [5, 5.41) is 14.3. The highest BCUT2D eigenvalue weighted by Gasteiger charge is 2.27. The number of H-pyrrole nitrogens is 1. The van der Waals surface area contributed by atoms with Gasteiger partial charge in [0.05, 0.1) is 19.8 Å². The predicted octanol–water partition coefficient (Wildman–Crippen LogP) is 6.44. The van der Waals surface area contributed by atoms with Gasteiger partial charge in [-0.3, -0.25) is 4.79 Å². The minimum Gasteiger partial charge on any atom is -0.493 e. The van der Waals surface area contributed by atoms with Gasteiger partial charge in [-0.05, 0) is 53.9 Å². The van der Waals surface area contributed by atoms with E-state index in [1.54, 1.807) is 43.5 Å². The SMILES string of the molecule is C=CCOc1cc2c(cc1OC)-c1cc(C(=O)N[C@@H](CO)Cc3c[nH]c4ccccc34)c(-c3ccccc3F)cc1OC2. The van der Waals surface area contributed by atoms with E-state index in [1.807, 2.05) is 42.6 Å². The number of aliphatic hydroxyl groups is 1. The van der Waals surface area contributed by atoms with Crippen molar-refractivity contribution >= 4 is 16.8 Å². The summed E-state index contributed by atoms with van der Waals surface area (Å²) in [4.78, 5) is 17.2. The minimum atomic E-state index is -0.579. The van der Waals surface area contributed by atoms with Gasteiger partial charge in [0, 0.05) is 44.9 Å². The molecule has 0 spiro atoms. The van der Waals surface area contributed by atoms with Crippen LogP contribution in [0.5, 0.6) is 17.2 Å². The van der Waals surface area contributed by atoms with E-state index in [-0.39, 0.29) is 24.3 Å². The molecular weight excluding hydrogens is 547 g/mol. The number of para-hydroxylation sites is 1. The van der Waals surface area contributed by atoms with Crippen LogP contribution in [0.2, 0.25) is 0 Å². The van der Waals surface area contributed by atoms with E-state index in [0.29, 0.717) is 41.4 Å². The van der Waals surface area contributed by atoms with Crippen molar-refractivity contribution in [1.82, 2.24) is 10.3 Å². The van der Waals surface area contributed by atoms with Crippen LogP contribution in [0.15, 0.2) is 91.6 Å². The summed E-state index contributed by atoms with van der Waals surface area (Å²) in [6.07, 6.45) is 3.94. The molecule has 8 heteroatoms. The van der Waals surface area contributed by atoms with Crippen LogP contribution in [0, 0.1) is 5.82 Å². The third-order valence-corrected chi connectivity index (χ3v) is 7.64. The van der Waals surface area contributed by atoms with Gasteiger partial charge in [0.1, 0.15) is 24.8 Å². The van der Waals surface area contributed by atoms with Crippen molar-refractivity contribution in [1.29, 1.82) is 0 Å². The van der Waals surface area contributed by atoms with Crippen molar-refractivity contribution in [2.45, 2.75) is 19.1 Å². The van der Waals surface area contributed by atoms with Crippen LogP contribution in [0.25, 0.3) is 33.2 Å². The molecule has 43 heavy (non-hydrogen) atoms. The summed E-state index contributed by atoms with van der Waals surface area (Å²) in [6, 6.07) is 20.7. The fourth-order valence-electron chi connectivity index (χ4n) is 5.54. The molecule has 1 amide bonds. The first-order valence-corrected chi connectivity index (χ1v) is 14.0. The van der Waals surface area contributed by atoms with Gasteiger partial charge < -0.3 is 29.6 Å². The summed E-state index contributed by atoms with van der Waals surface area (Å²) in [5.74, 6) is 0.691. The molecule has 1 aliphatic heterocycles. The lowest BCUT2D eigenvalue weighted by Gasteiger charge is -2.25. The number of carbonyl (C=O) groups excluding carboxylic acids is 1. The molecule has 0 saturated carbocycles. The maximum Gasteiger partial charge on any atom is 0.252 e. The van der Waals surface area contributed by atoms with E-state index in [0.717, 1.165) is 27.6 Å². The van der Waals surface area contributed by atoms with Gasteiger partial charge >= 0.3 is 0 Å². The lowest BCUT2D eigenvalue weighted by molar-refractivity contribution is 0.0917. The molecule has 7 nitrogen and oxygen atoms in total. The molecule has 0 saturated heterocycles. The Morgan fingerprint density at radius 3 is 2.67 bits per heavy atom. The van der Waals surface area contributed by atoms with Gasteiger partial charge in [-0.1, -0.05) is 49.1 Å². The third-order valence-electron chi connectivity index (χ3n) is 7.64. The fraction of sp³-hybridized carbons (Fsp3) is 0.171. The molecule has 6 rings (SSSR count). The van der Waals surface area contributed by atoms with Gasteiger partial charge in [0.2, 0.25) is 0 Å². The van der Waals surface area contributed by atoms with Crippen LogP contribution in [-0.4, -0.2) is 42.4 Å². The van der Waals surface area contributed by atoms with Gasteiger partial charge in [-0.15, -0.1) is 0 Å². The summed E-state index contributed by atoms with van der Waals surface area (Å²) in [6.45, 7) is 4.00. The van der Waals surface area contributed by atoms with Crippen molar-refractivity contribution in [3.63, 3.8) is 0 Å². The van der Waals surface area contributed by atoms with Crippen LogP contribution in [-0.2, 0) is 13.0 Å². The fourth-order valence-corrected chi connectivity index (χ4v) is 5.54. The summed E-state index contributed by atoms with van der Waals surface area (Å²) >= 11 is 0. The maximum atomic E-state index is 15.1. The second-order valence-corrected chi connectivity index (χ2v) is 10.3. The maximum absolute atomic E-state index is 15.1. The Hall–Kier alpha value is -5.08. The lowest BCUT2D eigenvalue weighted by Crippen LogP contribution is -2.39. The Morgan fingerprint density at radius 2 is 1.88 bits per heavy atom. The van der Waals surface area contributed by atoms with Crippen LogP contribution in [0.1, 0.15) is 21.5 Å². The first-order chi connectivity index (χ1) is 21.0. The number of benzene rings is 4. The van der Waals surface area contributed by atoms with E-state index in [4.69, 9.17) is 14.2 Å². The molecule has 5 aromatic rings. The van der Waals surface area contributed by atoms with Crippen molar-refractivity contribution in [2.75, 3.05) is 20.3 Å². The number of aromatic nitrogens is 1. The zero-order valence-corrected chi connectivity index (χ0v) is 23.7. The quantitative estimate of drug-likeness (QED) is 0.166. The predicted molar refractivity (Wildman–Crippen MR) is 164 cm³/mol. The normalized spacial score (nSPS) is 12.5. The molecule has 1 atom stereocenters. The van der Waals surface area contributed by atoms with Crippen LogP contribution >= 0.6 is 0 Å². The summed E-state index contributed by atoms with van der Waals surface area (Å²) in [7, 11) is 1.56. The number of nitrogens with one attached hydrogen (secondary N) is 2. The van der Waals surface area contributed by atoms with Crippen molar-refractivity contribution < 1.29 is 28.5 Å². The molecule has 2 heterocycles. The number of halogens is 1. The average molecular weight is 579 g/mol. The number of aliphatic hydroxyl groups excluding tert-OH is 1. The molecule has 1 aromatic heterocycles. The van der Waals surface area contributed by atoms with Crippen LogP contribution in [0.3, 0.4) is 0 Å². The van der Waals surface area contributed by atoms with Crippen LogP contribution < -0.4 is 19.5 Å². The molecular formula is C35H31FN2O5. The molecule has 0 radical (unpaired) electrons. The highest BCUT2D eigenvalue weighted by Crippen LogP contribution is 2.45. The van der Waals surface area contributed by atoms with Crippen molar-refractivity contribution in [3.05, 3.63) is 114 Å². The van der Waals surface area contributed by atoms with Gasteiger partial charge in [0.15, 0.2) is 11.5 Å². The van der Waals surface area contributed by atoms with Gasteiger partial charge in [0.25, 0.3) is 5.91 Å². The number of hydrogen-bond donors (Lipinski definition) is 3. The monoisotopic (exact) mass is 578 g/mol. The first kappa shape index (κ1) is 28.1. The number of carbonyl (C=O) groups is 1. The molecule has 0 aliphatic carbocycles. The van der Waals surface area contributed by atoms with Crippen molar-refractivity contribution in [3.8, 4) is 39.5 Å². The summed E-state index contributed by atoms with van der Waals surface area (Å²) in [5.41, 5.74) is 5.19. The minimum absolute atomic E-state index is 0.253. The lowest BCUT2D eigenvalue weighted by atomic mass is 9.90. The van der Waals surface area contributed by atoms with E-state index in [2.05, 4.69) is 16.9 Å². The topological polar surface area (TPSA) is 92.8 Å². The van der Waals surface area contributed by atoms with Gasteiger partial charge in [-0.25, -0.2) is 4.39 Å². The number of amides is 1. The van der Waals surface area contributed by atoms with E-state index in [1.165, 1.54) is 6.07 Å². The Labute approximate surface area is 248 Å². The highest BCUT2D eigenvalue weighted by atomic mass is 19.1. The van der Waals surface area contributed by atoms with E-state index >= 15 is 4.39 Å². The molecule has 0 bridgehead atoms. The Bertz CT molecular complexity index is 1830. The number of hydrogen-bond acceptors (Lipinski definition) is 5. The zero-order chi connectivity index (χ0) is 29.9. The third kappa shape index (κ3) is 5.45. The number of rotatable bonds is 10. The van der Waals surface area contributed by atoms with Gasteiger partial charge in [-0.2, -0.15) is 0 Å². The zero-order valence-electron chi connectivity index (χ0n) is 23.7. The first-order valence-electron chi connectivity index (χ1n) is 14.0. The molecule has 4 aromatic carbocycles.